The van der Waals surface area contributed by atoms with E-state index in [0.29, 0.717) is 12.8 Å². The third-order valence-electron chi connectivity index (χ3n) is 7.02. The molecular weight excluding hydrogens is 428 g/mol. The Morgan fingerprint density at radius 1 is 0.882 bits per heavy atom. The van der Waals surface area contributed by atoms with Gasteiger partial charge in [-0.1, -0.05) is 66.7 Å². The van der Waals surface area contributed by atoms with E-state index in [1.54, 1.807) is 0 Å². The number of amides is 1. The first-order valence-corrected chi connectivity index (χ1v) is 11.8. The van der Waals surface area contributed by atoms with E-state index in [0.717, 1.165) is 41.0 Å². The largest absolute Gasteiger partial charge is 0.480 e. The van der Waals surface area contributed by atoms with Crippen molar-refractivity contribution in [3.05, 3.63) is 90.0 Å². The smallest absolute Gasteiger partial charge is 0.407 e. The standard InChI is InChI=1S/C28H28N2O4/c31-27(32)26(19-14-16-30(17-15-19)20-8-2-1-3-9-20)29-28(33)34-18-25-23-12-6-4-10-21(23)22-11-5-7-13-24(22)25/h1-13,19,25-26H,14-18H2,(H,29,33)(H,31,32). The first-order valence-electron chi connectivity index (χ1n) is 11.8. The number of ether oxygens (including phenoxy) is 1. The zero-order chi connectivity index (χ0) is 23.5. The number of carbonyl (C=O) groups excluding carboxylic acids is 1. The SMILES string of the molecule is O=C(NC(C(=O)O)C1CCN(c2ccccc2)CC1)OCC1c2ccccc2-c2ccccc21. The molecule has 2 aliphatic rings. The van der Waals surface area contributed by atoms with Gasteiger partial charge in [0.15, 0.2) is 0 Å². The second-order valence-corrected chi connectivity index (χ2v) is 8.95. The molecular formula is C28H28N2O4. The number of rotatable bonds is 6. The number of nitrogens with one attached hydrogen (secondary N) is 1. The molecule has 6 nitrogen and oxygen atoms in total. The molecule has 0 saturated carbocycles. The van der Waals surface area contributed by atoms with Crippen LogP contribution in [0.2, 0.25) is 0 Å². The molecule has 0 radical (unpaired) electrons. The van der Waals surface area contributed by atoms with Crippen molar-refractivity contribution in [1.82, 2.24) is 5.32 Å². The monoisotopic (exact) mass is 456 g/mol. The Bertz CT molecular complexity index is 1130. The average Bonchev–Trinajstić information content (AvgIpc) is 3.20. The predicted octanol–water partition coefficient (Wildman–Crippen LogP) is 4.89. The van der Waals surface area contributed by atoms with Crippen molar-refractivity contribution in [1.29, 1.82) is 0 Å². The number of hydrogen-bond acceptors (Lipinski definition) is 4. The molecule has 5 rings (SSSR count). The predicted molar refractivity (Wildman–Crippen MR) is 131 cm³/mol. The summed E-state index contributed by atoms with van der Waals surface area (Å²) in [7, 11) is 0. The third kappa shape index (κ3) is 4.36. The van der Waals surface area contributed by atoms with Crippen molar-refractivity contribution in [3.63, 3.8) is 0 Å². The Morgan fingerprint density at radius 3 is 2.03 bits per heavy atom. The van der Waals surface area contributed by atoms with Gasteiger partial charge in [-0.3, -0.25) is 0 Å². The van der Waals surface area contributed by atoms with Gasteiger partial charge in [0.2, 0.25) is 0 Å². The fourth-order valence-corrected chi connectivity index (χ4v) is 5.28. The van der Waals surface area contributed by atoms with Crippen LogP contribution in [-0.2, 0) is 9.53 Å². The summed E-state index contributed by atoms with van der Waals surface area (Å²) in [5.74, 6) is -1.22. The number of hydrogen-bond donors (Lipinski definition) is 2. The highest BCUT2D eigenvalue weighted by Crippen LogP contribution is 2.44. The highest BCUT2D eigenvalue weighted by Gasteiger charge is 2.34. The van der Waals surface area contributed by atoms with E-state index >= 15 is 0 Å². The minimum Gasteiger partial charge on any atom is -0.480 e. The van der Waals surface area contributed by atoms with Gasteiger partial charge in [-0.25, -0.2) is 9.59 Å². The van der Waals surface area contributed by atoms with Crippen LogP contribution in [0.5, 0.6) is 0 Å². The number of alkyl carbamates (subject to hydrolysis) is 1. The van der Waals surface area contributed by atoms with Gasteiger partial charge in [-0.2, -0.15) is 0 Å². The molecule has 1 heterocycles. The molecule has 0 aromatic heterocycles. The maximum Gasteiger partial charge on any atom is 0.407 e. The van der Waals surface area contributed by atoms with E-state index in [-0.39, 0.29) is 18.4 Å². The lowest BCUT2D eigenvalue weighted by Gasteiger charge is -2.36. The van der Waals surface area contributed by atoms with E-state index in [9.17, 15) is 14.7 Å². The number of anilines is 1. The molecule has 1 unspecified atom stereocenters. The number of carbonyl (C=O) groups is 2. The molecule has 1 amide bonds. The molecule has 1 saturated heterocycles. The highest BCUT2D eigenvalue weighted by atomic mass is 16.5. The summed E-state index contributed by atoms with van der Waals surface area (Å²) in [6.07, 6.45) is 0.699. The Labute approximate surface area is 199 Å². The zero-order valence-electron chi connectivity index (χ0n) is 18.9. The summed E-state index contributed by atoms with van der Waals surface area (Å²) >= 11 is 0. The zero-order valence-corrected chi connectivity index (χ0v) is 18.9. The second-order valence-electron chi connectivity index (χ2n) is 8.95. The number of aliphatic carboxylic acids is 1. The molecule has 2 N–H and O–H groups in total. The van der Waals surface area contributed by atoms with Gasteiger partial charge in [0.25, 0.3) is 0 Å². The first-order chi connectivity index (χ1) is 16.6. The molecule has 34 heavy (non-hydrogen) atoms. The molecule has 1 atom stereocenters. The second kappa shape index (κ2) is 9.59. The Hall–Kier alpha value is -3.80. The van der Waals surface area contributed by atoms with Gasteiger partial charge in [0.05, 0.1) is 0 Å². The lowest BCUT2D eigenvalue weighted by Crippen LogP contribution is -2.50. The Morgan fingerprint density at radius 2 is 1.44 bits per heavy atom. The van der Waals surface area contributed by atoms with Crippen molar-refractivity contribution in [3.8, 4) is 11.1 Å². The number of benzene rings is 3. The number of piperidine rings is 1. The molecule has 174 valence electrons. The lowest BCUT2D eigenvalue weighted by molar-refractivity contribution is -0.141. The molecule has 6 heteroatoms. The maximum absolute atomic E-state index is 12.7. The van der Waals surface area contributed by atoms with E-state index < -0.39 is 18.1 Å². The van der Waals surface area contributed by atoms with Crippen LogP contribution in [0.1, 0.15) is 29.9 Å². The number of para-hydroxylation sites is 1. The Kier molecular flexibility index (Phi) is 6.21. The van der Waals surface area contributed by atoms with Gasteiger partial charge in [0, 0.05) is 24.7 Å². The summed E-state index contributed by atoms with van der Waals surface area (Å²) < 4.78 is 5.58. The van der Waals surface area contributed by atoms with Crippen molar-refractivity contribution in [2.45, 2.75) is 24.8 Å². The Balaban J connectivity index is 1.20. The molecule has 1 aliphatic heterocycles. The molecule has 0 spiro atoms. The van der Waals surface area contributed by atoms with Crippen LogP contribution in [0.4, 0.5) is 10.5 Å². The third-order valence-corrected chi connectivity index (χ3v) is 7.02. The van der Waals surface area contributed by atoms with Crippen LogP contribution >= 0.6 is 0 Å². The highest BCUT2D eigenvalue weighted by molar-refractivity contribution is 5.81. The van der Waals surface area contributed by atoms with Crippen LogP contribution < -0.4 is 10.2 Å². The van der Waals surface area contributed by atoms with Crippen molar-refractivity contribution >= 4 is 17.7 Å². The number of nitrogens with zero attached hydrogens (tertiary/aromatic N) is 1. The summed E-state index contributed by atoms with van der Waals surface area (Å²) in [6, 6.07) is 25.4. The molecule has 1 fully saturated rings. The van der Waals surface area contributed by atoms with Crippen LogP contribution in [0.25, 0.3) is 11.1 Å². The fourth-order valence-electron chi connectivity index (χ4n) is 5.28. The number of carboxylic acids is 1. The first kappa shape index (κ1) is 22.0. The quantitative estimate of drug-likeness (QED) is 0.552. The van der Waals surface area contributed by atoms with Crippen LogP contribution in [-0.4, -0.2) is 42.9 Å². The van der Waals surface area contributed by atoms with Gasteiger partial charge in [-0.15, -0.1) is 0 Å². The summed E-state index contributed by atoms with van der Waals surface area (Å²) in [5.41, 5.74) is 5.69. The van der Waals surface area contributed by atoms with Crippen molar-refractivity contribution in [2.75, 3.05) is 24.6 Å². The molecule has 3 aromatic rings. The maximum atomic E-state index is 12.7. The average molecular weight is 457 g/mol. The van der Waals surface area contributed by atoms with Gasteiger partial charge < -0.3 is 20.1 Å². The van der Waals surface area contributed by atoms with E-state index in [4.69, 9.17) is 4.74 Å². The lowest BCUT2D eigenvalue weighted by atomic mass is 9.89. The summed E-state index contributed by atoms with van der Waals surface area (Å²) in [6.45, 7) is 1.67. The van der Waals surface area contributed by atoms with Gasteiger partial charge in [-0.05, 0) is 53.1 Å². The van der Waals surface area contributed by atoms with Crippen molar-refractivity contribution in [2.24, 2.45) is 5.92 Å². The van der Waals surface area contributed by atoms with Crippen LogP contribution in [0.15, 0.2) is 78.9 Å². The topological polar surface area (TPSA) is 78.9 Å². The van der Waals surface area contributed by atoms with Crippen molar-refractivity contribution < 1.29 is 19.4 Å². The van der Waals surface area contributed by atoms with E-state index in [1.807, 2.05) is 42.5 Å². The number of carboxylic acid groups (broad SMARTS) is 1. The summed E-state index contributed by atoms with van der Waals surface area (Å²) in [5, 5.41) is 12.4. The molecule has 0 bridgehead atoms. The van der Waals surface area contributed by atoms with E-state index in [1.165, 1.54) is 0 Å². The van der Waals surface area contributed by atoms with Gasteiger partial charge >= 0.3 is 12.1 Å². The minimum absolute atomic E-state index is 0.0597. The summed E-state index contributed by atoms with van der Waals surface area (Å²) in [4.78, 5) is 26.9. The van der Waals surface area contributed by atoms with Crippen LogP contribution in [0, 0.1) is 5.92 Å². The molecule has 1 aliphatic carbocycles. The molecule has 3 aromatic carbocycles. The van der Waals surface area contributed by atoms with Gasteiger partial charge in [0.1, 0.15) is 12.6 Å². The minimum atomic E-state index is -1.02. The van der Waals surface area contributed by atoms with Crippen LogP contribution in [0.3, 0.4) is 0 Å². The normalized spacial score (nSPS) is 16.4. The fraction of sp³-hybridized carbons (Fsp3) is 0.286. The number of fused-ring (bicyclic) bond motifs is 3. The van der Waals surface area contributed by atoms with E-state index in [2.05, 4.69) is 46.6 Å².